The van der Waals surface area contributed by atoms with Crippen molar-refractivity contribution in [2.75, 3.05) is 20.1 Å². The summed E-state index contributed by atoms with van der Waals surface area (Å²) in [6, 6.07) is -0.137. The average Bonchev–Trinajstić information content (AvgIpc) is 3.13. The van der Waals surface area contributed by atoms with Crippen molar-refractivity contribution in [3.8, 4) is 0 Å². The van der Waals surface area contributed by atoms with Gasteiger partial charge in [-0.3, -0.25) is 4.79 Å². The zero-order valence-electron chi connectivity index (χ0n) is 18.1. The molecule has 2 amide bonds. The van der Waals surface area contributed by atoms with E-state index < -0.39 is 6.23 Å². The van der Waals surface area contributed by atoms with Crippen LogP contribution in [-0.4, -0.2) is 64.6 Å². The van der Waals surface area contributed by atoms with E-state index in [0.717, 1.165) is 58.0 Å². The Labute approximate surface area is 179 Å². The van der Waals surface area contributed by atoms with Crippen molar-refractivity contribution in [3.05, 3.63) is 0 Å². The molecule has 2 heterocycles. The summed E-state index contributed by atoms with van der Waals surface area (Å²) in [5, 5.41) is 9.65. The molecular formula is C21H36N4O3S. The molecule has 2 aliphatic heterocycles. The average molecular weight is 425 g/mol. The van der Waals surface area contributed by atoms with E-state index >= 15 is 0 Å². The molecule has 3 aliphatic rings. The highest BCUT2D eigenvalue weighted by Crippen LogP contribution is 2.30. The molecule has 0 spiro atoms. The monoisotopic (exact) mass is 424 g/mol. The van der Waals surface area contributed by atoms with Crippen LogP contribution in [0.15, 0.2) is 5.10 Å². The van der Waals surface area contributed by atoms with Gasteiger partial charge < -0.3 is 15.0 Å². The van der Waals surface area contributed by atoms with Crippen LogP contribution in [0.2, 0.25) is 0 Å². The normalized spacial score (nSPS) is 24.5. The molecule has 0 bridgehead atoms. The smallest absolute Gasteiger partial charge is 0.341 e. The number of piperidine rings is 1. The zero-order valence-corrected chi connectivity index (χ0v) is 18.9. The molecule has 1 unspecified atom stereocenters. The van der Waals surface area contributed by atoms with Gasteiger partial charge in [0.15, 0.2) is 5.78 Å². The summed E-state index contributed by atoms with van der Waals surface area (Å²) in [7, 11) is 2.13. The molecule has 164 valence electrons. The van der Waals surface area contributed by atoms with Gasteiger partial charge in [0.25, 0.3) is 11.5 Å². The highest BCUT2D eigenvalue weighted by molar-refractivity contribution is 8.14. The Bertz CT molecular complexity index is 599. The van der Waals surface area contributed by atoms with Crippen LogP contribution in [0.5, 0.6) is 0 Å². The van der Waals surface area contributed by atoms with E-state index in [0.29, 0.717) is 22.8 Å². The first-order valence-electron chi connectivity index (χ1n) is 11.1. The first kappa shape index (κ1) is 22.4. The number of hydrogen-bond donors (Lipinski definition) is 1. The van der Waals surface area contributed by atoms with Gasteiger partial charge in [-0.25, -0.2) is 4.79 Å². The van der Waals surface area contributed by atoms with Crippen molar-refractivity contribution in [3.63, 3.8) is 0 Å². The topological polar surface area (TPSA) is 74.2 Å². The number of nitrogens with zero attached hydrogens (tertiary/aromatic N) is 3. The number of urea groups is 1. The maximum Gasteiger partial charge on any atom is 0.341 e. The van der Waals surface area contributed by atoms with Gasteiger partial charge in [0.1, 0.15) is 0 Å². The third-order valence-corrected chi connectivity index (χ3v) is 7.13. The van der Waals surface area contributed by atoms with Crippen LogP contribution in [-0.2, 0) is 9.53 Å². The van der Waals surface area contributed by atoms with Gasteiger partial charge in [-0.15, -0.1) is 5.10 Å². The molecule has 0 radical (unpaired) electrons. The molecule has 8 heteroatoms. The Morgan fingerprint density at radius 1 is 1.17 bits per heavy atom. The second-order valence-electron chi connectivity index (χ2n) is 8.98. The maximum absolute atomic E-state index is 12.9. The highest BCUT2D eigenvalue weighted by atomic mass is 32.2. The van der Waals surface area contributed by atoms with Crippen LogP contribution in [0.1, 0.15) is 71.6 Å². The molecule has 1 N–H and O–H groups in total. The van der Waals surface area contributed by atoms with Crippen molar-refractivity contribution in [1.82, 2.24) is 15.2 Å². The lowest BCUT2D eigenvalue weighted by Gasteiger charge is -2.27. The summed E-state index contributed by atoms with van der Waals surface area (Å²) >= 11 is 1.57. The number of rotatable bonds is 6. The van der Waals surface area contributed by atoms with Gasteiger partial charge in [0, 0.05) is 17.7 Å². The number of ketones is 1. The van der Waals surface area contributed by atoms with E-state index in [9.17, 15) is 9.59 Å². The second kappa shape index (κ2) is 10.7. The first-order valence-corrected chi connectivity index (χ1v) is 12.0. The van der Waals surface area contributed by atoms with Crippen molar-refractivity contribution < 1.29 is 14.3 Å². The fourth-order valence-corrected chi connectivity index (χ4v) is 5.02. The molecule has 29 heavy (non-hydrogen) atoms. The molecule has 1 saturated carbocycles. The molecule has 0 aromatic rings. The van der Waals surface area contributed by atoms with Gasteiger partial charge in [-0.05, 0) is 58.2 Å². The van der Waals surface area contributed by atoms with Crippen LogP contribution >= 0.6 is 11.8 Å². The fourth-order valence-electron chi connectivity index (χ4n) is 4.00. The number of likely N-dealkylation sites (tertiary alicyclic amines) is 1. The fraction of sp³-hybridized carbons (Fsp3) is 0.857. The Hall–Kier alpha value is -1.28. The van der Waals surface area contributed by atoms with E-state index in [1.807, 2.05) is 0 Å². The molecule has 0 aromatic carbocycles. The molecule has 1 atom stereocenters. The summed E-state index contributed by atoms with van der Waals surface area (Å²) < 4.78 is 5.92. The Morgan fingerprint density at radius 3 is 2.52 bits per heavy atom. The predicted molar refractivity (Wildman–Crippen MR) is 117 cm³/mol. The lowest BCUT2D eigenvalue weighted by molar-refractivity contribution is -0.131. The summed E-state index contributed by atoms with van der Waals surface area (Å²) in [5.74, 6) is 0.360. The molecule has 3 rings (SSSR count). The molecule has 1 saturated heterocycles. The summed E-state index contributed by atoms with van der Waals surface area (Å²) in [5.41, 5.74) is 0. The lowest BCUT2D eigenvalue weighted by Crippen LogP contribution is -2.48. The molecule has 1 aliphatic carbocycles. The summed E-state index contributed by atoms with van der Waals surface area (Å²) in [4.78, 5) is 28.0. The van der Waals surface area contributed by atoms with Crippen LogP contribution in [0.4, 0.5) is 4.79 Å². The van der Waals surface area contributed by atoms with Crippen molar-refractivity contribution in [1.29, 1.82) is 0 Å². The number of nitrogens with one attached hydrogen (secondary N) is 1. The van der Waals surface area contributed by atoms with Gasteiger partial charge in [-0.2, -0.15) is 5.01 Å². The van der Waals surface area contributed by atoms with E-state index in [1.165, 1.54) is 11.4 Å². The van der Waals surface area contributed by atoms with Gasteiger partial charge >= 0.3 is 6.03 Å². The van der Waals surface area contributed by atoms with Gasteiger partial charge in [0.05, 0.1) is 0 Å². The number of thioether (sulfide) groups is 1. The number of carbonyl (C=O) groups excluding carboxylic acids is 2. The van der Waals surface area contributed by atoms with Gasteiger partial charge in [-0.1, -0.05) is 44.9 Å². The number of Topliss-reactive ketones (excluding diaryl/α,β-unsaturated/α-hetero) is 1. The SMILES string of the molecule is CC(C)CCC(=O)C1OC(SC2CCN(C)CC2)=NN1C(=O)NC1CCCCC1. The Kier molecular flexibility index (Phi) is 8.24. The second-order valence-corrected chi connectivity index (χ2v) is 10.2. The largest absolute Gasteiger partial charge is 0.438 e. The van der Waals surface area contributed by atoms with Crippen LogP contribution < -0.4 is 5.32 Å². The van der Waals surface area contributed by atoms with Gasteiger partial charge in [0.2, 0.25) is 0 Å². The van der Waals surface area contributed by atoms with Crippen molar-refractivity contribution >= 4 is 28.8 Å². The summed E-state index contributed by atoms with van der Waals surface area (Å²) in [6.07, 6.45) is 7.87. The van der Waals surface area contributed by atoms with Crippen molar-refractivity contribution in [2.45, 2.75) is 89.2 Å². The maximum atomic E-state index is 12.9. The summed E-state index contributed by atoms with van der Waals surface area (Å²) in [6.45, 7) is 6.28. The number of hydrogen-bond acceptors (Lipinski definition) is 6. The molecule has 7 nitrogen and oxygen atoms in total. The van der Waals surface area contributed by atoms with E-state index in [-0.39, 0.29) is 17.9 Å². The first-order chi connectivity index (χ1) is 13.9. The lowest BCUT2D eigenvalue weighted by atomic mass is 9.96. The minimum absolute atomic E-state index is 0.0692. The minimum Gasteiger partial charge on any atom is -0.438 e. The van der Waals surface area contributed by atoms with Crippen LogP contribution in [0.3, 0.4) is 0 Å². The Balaban J connectivity index is 1.63. The number of amides is 2. The third kappa shape index (κ3) is 6.60. The van der Waals surface area contributed by atoms with Crippen LogP contribution in [0.25, 0.3) is 0 Å². The highest BCUT2D eigenvalue weighted by Gasteiger charge is 2.39. The van der Waals surface area contributed by atoms with E-state index in [1.54, 1.807) is 11.8 Å². The zero-order chi connectivity index (χ0) is 20.8. The molecular weight excluding hydrogens is 388 g/mol. The van der Waals surface area contributed by atoms with E-state index in [4.69, 9.17) is 4.74 Å². The molecule has 0 aromatic heterocycles. The van der Waals surface area contributed by atoms with Crippen LogP contribution in [0, 0.1) is 5.92 Å². The predicted octanol–water partition coefficient (Wildman–Crippen LogP) is 3.79. The minimum atomic E-state index is -0.925. The Morgan fingerprint density at radius 2 is 1.86 bits per heavy atom. The number of ether oxygens (including phenoxy) is 1. The number of hydrazone groups is 1. The van der Waals surface area contributed by atoms with E-state index in [2.05, 4.69) is 36.2 Å². The number of carbonyl (C=O) groups is 2. The van der Waals surface area contributed by atoms with Crippen molar-refractivity contribution in [2.24, 2.45) is 11.0 Å². The molecule has 2 fully saturated rings. The quantitative estimate of drug-likeness (QED) is 0.702. The third-order valence-electron chi connectivity index (χ3n) is 5.94. The standard InChI is InChI=1S/C21H36N4O3S/c1-15(2)9-10-18(26)19-25(20(27)22-16-7-5-4-6-8-16)23-21(28-19)29-17-11-13-24(3)14-12-17/h15-17,19H,4-14H2,1-3H3,(H,22,27).